The quantitative estimate of drug-likeness (QED) is 0.844. The number of rotatable bonds is 3. The molecule has 1 heterocycles. The molecule has 0 aromatic heterocycles. The number of hydrogen-bond donors (Lipinski definition) is 1. The summed E-state index contributed by atoms with van der Waals surface area (Å²) in [4.78, 5) is 13.8. The van der Waals surface area contributed by atoms with Gasteiger partial charge in [0, 0.05) is 28.8 Å². The number of nitrogens with zero attached hydrogens (tertiary/aromatic N) is 1. The van der Waals surface area contributed by atoms with Crippen molar-refractivity contribution in [3.05, 3.63) is 58.1 Å². The fourth-order valence-electron chi connectivity index (χ4n) is 2.69. The minimum absolute atomic E-state index is 0.0101. The lowest BCUT2D eigenvalue weighted by molar-refractivity contribution is 0.102. The molecule has 0 spiro atoms. The van der Waals surface area contributed by atoms with Gasteiger partial charge in [-0.25, -0.2) is 8.78 Å². The number of anilines is 2. The average molecular weight is 381 g/mol. The molecule has 0 saturated carbocycles. The summed E-state index contributed by atoms with van der Waals surface area (Å²) >= 11 is 3.29. The summed E-state index contributed by atoms with van der Waals surface area (Å²) in [5.41, 5.74) is 0.512. The molecule has 1 N–H and O–H groups in total. The first-order chi connectivity index (χ1) is 11.0. The molecule has 1 aliphatic rings. The molecule has 6 heteroatoms. The topological polar surface area (TPSA) is 32.3 Å². The monoisotopic (exact) mass is 380 g/mol. The van der Waals surface area contributed by atoms with Crippen LogP contribution in [0.1, 0.15) is 23.2 Å². The Morgan fingerprint density at radius 2 is 1.61 bits per heavy atom. The van der Waals surface area contributed by atoms with Crippen LogP contribution in [0.5, 0.6) is 0 Å². The summed E-state index contributed by atoms with van der Waals surface area (Å²) < 4.78 is 29.3. The number of amides is 1. The molecule has 0 bridgehead atoms. The molecular weight excluding hydrogens is 366 g/mol. The van der Waals surface area contributed by atoms with Crippen molar-refractivity contribution in [3.63, 3.8) is 0 Å². The molecule has 3 nitrogen and oxygen atoms in total. The number of benzene rings is 2. The van der Waals surface area contributed by atoms with Crippen molar-refractivity contribution in [2.75, 3.05) is 23.3 Å². The number of halogens is 3. The average Bonchev–Trinajstić information content (AvgIpc) is 3.01. The van der Waals surface area contributed by atoms with Crippen LogP contribution >= 0.6 is 15.9 Å². The van der Waals surface area contributed by atoms with Crippen LogP contribution in [0.2, 0.25) is 0 Å². The normalized spacial score (nSPS) is 14.1. The molecule has 0 aliphatic carbocycles. The molecule has 0 radical (unpaired) electrons. The smallest absolute Gasteiger partial charge is 0.255 e. The lowest BCUT2D eigenvalue weighted by Crippen LogP contribution is -2.21. The molecule has 1 saturated heterocycles. The maximum absolute atomic E-state index is 14.2. The van der Waals surface area contributed by atoms with E-state index in [1.54, 1.807) is 29.2 Å². The summed E-state index contributed by atoms with van der Waals surface area (Å²) in [5, 5.41) is 2.52. The summed E-state index contributed by atoms with van der Waals surface area (Å²) in [6, 6.07) is 9.04. The van der Waals surface area contributed by atoms with Crippen molar-refractivity contribution in [1.29, 1.82) is 0 Å². The Morgan fingerprint density at radius 1 is 1.04 bits per heavy atom. The van der Waals surface area contributed by atoms with E-state index in [2.05, 4.69) is 21.2 Å². The van der Waals surface area contributed by atoms with Crippen molar-refractivity contribution in [3.8, 4) is 0 Å². The van der Waals surface area contributed by atoms with E-state index >= 15 is 0 Å². The van der Waals surface area contributed by atoms with Crippen molar-refractivity contribution in [2.45, 2.75) is 12.8 Å². The fourth-order valence-corrected chi connectivity index (χ4v) is 2.95. The Balaban J connectivity index is 1.80. The first-order valence-corrected chi connectivity index (χ1v) is 8.15. The van der Waals surface area contributed by atoms with Crippen molar-refractivity contribution in [1.82, 2.24) is 0 Å². The third-order valence-corrected chi connectivity index (χ3v) is 4.33. The van der Waals surface area contributed by atoms with E-state index in [0.717, 1.165) is 29.4 Å². The van der Waals surface area contributed by atoms with Crippen LogP contribution in [0, 0.1) is 11.6 Å². The third kappa shape index (κ3) is 3.52. The van der Waals surface area contributed by atoms with Gasteiger partial charge in [-0.3, -0.25) is 4.79 Å². The van der Waals surface area contributed by atoms with Gasteiger partial charge in [0.25, 0.3) is 5.91 Å². The second kappa shape index (κ2) is 6.66. The highest BCUT2D eigenvalue weighted by atomic mass is 79.9. The predicted molar refractivity (Wildman–Crippen MR) is 89.9 cm³/mol. The molecule has 1 amide bonds. The standard InChI is InChI=1S/C17H15BrF2N2O/c18-12-5-3-11(4-6-12)17(23)21-13-9-14(19)16(15(20)10-13)22-7-1-2-8-22/h3-6,9-10H,1-2,7-8H2,(H,21,23). The molecule has 3 rings (SSSR count). The Labute approximate surface area is 141 Å². The minimum atomic E-state index is -0.655. The van der Waals surface area contributed by atoms with Crippen LogP contribution < -0.4 is 10.2 Å². The van der Waals surface area contributed by atoms with Crippen LogP contribution in [-0.2, 0) is 0 Å². The SMILES string of the molecule is O=C(Nc1cc(F)c(N2CCCC2)c(F)c1)c1ccc(Br)cc1. The summed E-state index contributed by atoms with van der Waals surface area (Å²) in [7, 11) is 0. The zero-order chi connectivity index (χ0) is 16.4. The number of carbonyl (C=O) groups excluding carboxylic acids is 1. The Kier molecular flexibility index (Phi) is 4.61. The van der Waals surface area contributed by atoms with Gasteiger partial charge in [0.2, 0.25) is 0 Å². The van der Waals surface area contributed by atoms with E-state index < -0.39 is 17.5 Å². The number of nitrogens with one attached hydrogen (secondary N) is 1. The first-order valence-electron chi connectivity index (χ1n) is 7.35. The van der Waals surface area contributed by atoms with Gasteiger partial charge in [0.05, 0.1) is 0 Å². The van der Waals surface area contributed by atoms with Crippen molar-refractivity contribution < 1.29 is 13.6 Å². The van der Waals surface area contributed by atoms with Gasteiger partial charge in [-0.05, 0) is 49.2 Å². The molecule has 1 fully saturated rings. The summed E-state index contributed by atoms with van der Waals surface area (Å²) in [6.07, 6.45) is 1.86. The maximum Gasteiger partial charge on any atom is 0.255 e. The van der Waals surface area contributed by atoms with Gasteiger partial charge >= 0.3 is 0 Å². The van der Waals surface area contributed by atoms with Crippen LogP contribution in [0.3, 0.4) is 0 Å². The first kappa shape index (κ1) is 15.9. The summed E-state index contributed by atoms with van der Waals surface area (Å²) in [6.45, 7) is 1.30. The lowest BCUT2D eigenvalue weighted by atomic mass is 10.2. The zero-order valence-corrected chi connectivity index (χ0v) is 13.9. The van der Waals surface area contributed by atoms with Crippen LogP contribution in [-0.4, -0.2) is 19.0 Å². The Bertz CT molecular complexity index is 705. The van der Waals surface area contributed by atoms with Gasteiger partial charge in [0.1, 0.15) is 5.69 Å². The largest absolute Gasteiger partial charge is 0.367 e. The molecule has 120 valence electrons. The number of hydrogen-bond acceptors (Lipinski definition) is 2. The highest BCUT2D eigenvalue weighted by Crippen LogP contribution is 2.29. The van der Waals surface area contributed by atoms with Crippen molar-refractivity contribution in [2.24, 2.45) is 0 Å². The van der Waals surface area contributed by atoms with E-state index in [0.29, 0.717) is 18.7 Å². The molecule has 0 unspecified atom stereocenters. The zero-order valence-electron chi connectivity index (χ0n) is 12.3. The van der Waals surface area contributed by atoms with Crippen LogP contribution in [0.15, 0.2) is 40.9 Å². The highest BCUT2D eigenvalue weighted by molar-refractivity contribution is 9.10. The molecular formula is C17H15BrF2N2O. The molecule has 2 aromatic rings. The van der Waals surface area contributed by atoms with E-state index in [1.807, 2.05) is 0 Å². The molecule has 1 aliphatic heterocycles. The third-order valence-electron chi connectivity index (χ3n) is 3.80. The van der Waals surface area contributed by atoms with E-state index in [1.165, 1.54) is 0 Å². The maximum atomic E-state index is 14.2. The minimum Gasteiger partial charge on any atom is -0.367 e. The van der Waals surface area contributed by atoms with E-state index in [4.69, 9.17) is 0 Å². The van der Waals surface area contributed by atoms with Gasteiger partial charge in [0.15, 0.2) is 11.6 Å². The Morgan fingerprint density at radius 3 is 2.17 bits per heavy atom. The van der Waals surface area contributed by atoms with Crippen molar-refractivity contribution >= 4 is 33.2 Å². The van der Waals surface area contributed by atoms with E-state index in [-0.39, 0.29) is 11.4 Å². The van der Waals surface area contributed by atoms with Gasteiger partial charge < -0.3 is 10.2 Å². The molecule has 0 atom stereocenters. The van der Waals surface area contributed by atoms with Gasteiger partial charge in [-0.2, -0.15) is 0 Å². The molecule has 2 aromatic carbocycles. The van der Waals surface area contributed by atoms with Gasteiger partial charge in [-0.15, -0.1) is 0 Å². The second-order valence-corrected chi connectivity index (χ2v) is 6.36. The molecule has 23 heavy (non-hydrogen) atoms. The predicted octanol–water partition coefficient (Wildman–Crippen LogP) is 4.58. The van der Waals surface area contributed by atoms with Crippen LogP contribution in [0.4, 0.5) is 20.2 Å². The van der Waals surface area contributed by atoms with Gasteiger partial charge in [-0.1, -0.05) is 15.9 Å². The fraction of sp³-hybridized carbons (Fsp3) is 0.235. The van der Waals surface area contributed by atoms with Crippen LogP contribution in [0.25, 0.3) is 0 Å². The summed E-state index contributed by atoms with van der Waals surface area (Å²) in [5.74, 6) is -1.72. The Hall–Kier alpha value is -1.95. The lowest BCUT2D eigenvalue weighted by Gasteiger charge is -2.19. The van der Waals surface area contributed by atoms with E-state index in [9.17, 15) is 13.6 Å². The number of carbonyl (C=O) groups is 1. The highest BCUT2D eigenvalue weighted by Gasteiger charge is 2.21. The second-order valence-electron chi connectivity index (χ2n) is 5.44.